The molecule has 0 bridgehead atoms. The van der Waals surface area contributed by atoms with Gasteiger partial charge in [0.25, 0.3) is 0 Å². The largest absolute Gasteiger partial charge is 0.391 e. The SMILES string of the molecule is CC(C)C(O)C(C)(C(=O)C(C)(c1ccccc1)C(O)C(C)C)c1ccccc1. The van der Waals surface area contributed by atoms with Crippen LogP contribution in [-0.2, 0) is 15.6 Å². The zero-order chi connectivity index (χ0) is 21.1. The highest BCUT2D eigenvalue weighted by atomic mass is 16.3. The van der Waals surface area contributed by atoms with Crippen LogP contribution in [0.25, 0.3) is 0 Å². The summed E-state index contributed by atoms with van der Waals surface area (Å²) in [5.74, 6) is -0.407. The van der Waals surface area contributed by atoms with Gasteiger partial charge in [-0.1, -0.05) is 88.4 Å². The first-order valence-electron chi connectivity index (χ1n) is 10.1. The lowest BCUT2D eigenvalue weighted by atomic mass is 9.58. The second kappa shape index (κ2) is 8.59. The van der Waals surface area contributed by atoms with Crippen molar-refractivity contribution in [3.05, 3.63) is 71.8 Å². The molecular formula is C25H34O3. The molecule has 28 heavy (non-hydrogen) atoms. The van der Waals surface area contributed by atoms with Crippen molar-refractivity contribution in [2.24, 2.45) is 11.8 Å². The maximum atomic E-state index is 14.3. The van der Waals surface area contributed by atoms with Gasteiger partial charge in [0.15, 0.2) is 5.78 Å². The molecule has 2 aromatic carbocycles. The summed E-state index contributed by atoms with van der Waals surface area (Å²) in [6.07, 6.45) is -1.77. The fraction of sp³-hybridized carbons (Fsp3) is 0.480. The highest BCUT2D eigenvalue weighted by molar-refractivity contribution is 5.99. The average molecular weight is 383 g/mol. The van der Waals surface area contributed by atoms with Crippen molar-refractivity contribution in [3.63, 3.8) is 0 Å². The number of aliphatic hydroxyl groups is 2. The molecule has 0 heterocycles. The predicted molar refractivity (Wildman–Crippen MR) is 114 cm³/mol. The molecule has 4 unspecified atom stereocenters. The van der Waals surface area contributed by atoms with Crippen LogP contribution in [0.4, 0.5) is 0 Å². The summed E-state index contributed by atoms with van der Waals surface area (Å²) in [4.78, 5) is 14.3. The molecule has 2 N–H and O–H groups in total. The Bertz CT molecular complexity index is 703. The van der Waals surface area contributed by atoms with Crippen LogP contribution in [0.15, 0.2) is 60.7 Å². The van der Waals surface area contributed by atoms with Crippen LogP contribution in [0.1, 0.15) is 52.7 Å². The van der Waals surface area contributed by atoms with Crippen molar-refractivity contribution in [2.45, 2.75) is 64.6 Å². The number of benzene rings is 2. The zero-order valence-corrected chi connectivity index (χ0v) is 17.9. The van der Waals surface area contributed by atoms with Crippen molar-refractivity contribution in [3.8, 4) is 0 Å². The van der Waals surface area contributed by atoms with Crippen molar-refractivity contribution < 1.29 is 15.0 Å². The molecule has 0 saturated heterocycles. The molecule has 4 atom stereocenters. The summed E-state index contributed by atoms with van der Waals surface area (Å²) >= 11 is 0. The number of Topliss-reactive ketones (excluding diaryl/α,β-unsaturated/α-hetero) is 1. The molecule has 0 spiro atoms. The predicted octanol–water partition coefficient (Wildman–Crippen LogP) is 4.51. The molecule has 0 aliphatic heterocycles. The summed E-state index contributed by atoms with van der Waals surface area (Å²) in [7, 11) is 0. The average Bonchev–Trinajstić information content (AvgIpc) is 2.71. The van der Waals surface area contributed by atoms with Gasteiger partial charge in [-0.25, -0.2) is 0 Å². The van der Waals surface area contributed by atoms with Crippen LogP contribution in [0.2, 0.25) is 0 Å². The number of hydrogen-bond donors (Lipinski definition) is 2. The summed E-state index contributed by atoms with van der Waals surface area (Å²) in [5.41, 5.74) is -0.787. The van der Waals surface area contributed by atoms with Crippen molar-refractivity contribution in [2.75, 3.05) is 0 Å². The third-order valence-electron chi connectivity index (χ3n) is 6.14. The number of aliphatic hydroxyl groups excluding tert-OH is 2. The Labute approximate surface area is 169 Å². The van der Waals surface area contributed by atoms with Crippen LogP contribution in [-0.4, -0.2) is 28.2 Å². The molecule has 0 aliphatic carbocycles. The zero-order valence-electron chi connectivity index (χ0n) is 17.9. The molecule has 2 rings (SSSR count). The van der Waals surface area contributed by atoms with E-state index in [1.165, 1.54) is 0 Å². The van der Waals surface area contributed by atoms with E-state index in [0.29, 0.717) is 0 Å². The van der Waals surface area contributed by atoms with Gasteiger partial charge in [-0.3, -0.25) is 4.79 Å². The van der Waals surface area contributed by atoms with Crippen LogP contribution in [0, 0.1) is 11.8 Å². The second-order valence-electron chi connectivity index (χ2n) is 8.84. The van der Waals surface area contributed by atoms with Crippen LogP contribution in [0.5, 0.6) is 0 Å². The molecule has 0 saturated carbocycles. The minimum atomic E-state index is -1.16. The normalized spacial score (nSPS) is 18.4. The van der Waals surface area contributed by atoms with Gasteiger partial charge >= 0.3 is 0 Å². The van der Waals surface area contributed by atoms with E-state index in [1.54, 1.807) is 0 Å². The number of carbonyl (C=O) groups excluding carboxylic acids is 1. The Hall–Kier alpha value is -1.97. The number of carbonyl (C=O) groups is 1. The van der Waals surface area contributed by atoms with E-state index in [9.17, 15) is 15.0 Å². The fourth-order valence-electron chi connectivity index (χ4n) is 4.31. The van der Waals surface area contributed by atoms with Crippen molar-refractivity contribution >= 4 is 5.78 Å². The van der Waals surface area contributed by atoms with Gasteiger partial charge in [0.2, 0.25) is 0 Å². The highest BCUT2D eigenvalue weighted by Gasteiger charge is 2.54. The first-order chi connectivity index (χ1) is 13.1. The summed E-state index contributed by atoms with van der Waals surface area (Å²) < 4.78 is 0. The molecular weight excluding hydrogens is 348 g/mol. The van der Waals surface area contributed by atoms with Gasteiger partial charge in [0.05, 0.1) is 23.0 Å². The van der Waals surface area contributed by atoms with E-state index in [4.69, 9.17) is 0 Å². The molecule has 0 fully saturated rings. The van der Waals surface area contributed by atoms with Gasteiger partial charge < -0.3 is 10.2 Å². The molecule has 0 aliphatic rings. The van der Waals surface area contributed by atoms with E-state index >= 15 is 0 Å². The monoisotopic (exact) mass is 382 g/mol. The standard InChI is InChI=1S/C25H34O3/c1-17(2)21(26)24(5,19-13-9-7-10-14-19)23(28)25(6,22(27)18(3)4)20-15-11-8-12-16-20/h7-18,21-22,26-27H,1-6H3. The molecule has 152 valence electrons. The van der Waals surface area contributed by atoms with Gasteiger partial charge in [-0.05, 0) is 36.8 Å². The maximum absolute atomic E-state index is 14.3. The van der Waals surface area contributed by atoms with E-state index in [0.717, 1.165) is 11.1 Å². The van der Waals surface area contributed by atoms with Gasteiger partial charge in [0, 0.05) is 0 Å². The smallest absolute Gasteiger partial charge is 0.158 e. The lowest BCUT2D eigenvalue weighted by molar-refractivity contribution is -0.140. The van der Waals surface area contributed by atoms with Crippen LogP contribution < -0.4 is 0 Å². The highest BCUT2D eigenvalue weighted by Crippen LogP contribution is 2.43. The Kier molecular flexibility index (Phi) is 6.84. The van der Waals surface area contributed by atoms with Crippen molar-refractivity contribution in [1.82, 2.24) is 0 Å². The number of hydrogen-bond acceptors (Lipinski definition) is 3. The minimum absolute atomic E-state index is 0.120. The molecule has 0 aromatic heterocycles. The third kappa shape index (κ3) is 3.78. The summed E-state index contributed by atoms with van der Waals surface area (Å²) in [5, 5.41) is 22.4. The van der Waals surface area contributed by atoms with E-state index in [1.807, 2.05) is 102 Å². The van der Waals surface area contributed by atoms with Crippen molar-refractivity contribution in [1.29, 1.82) is 0 Å². The molecule has 0 radical (unpaired) electrons. The molecule has 3 heteroatoms. The van der Waals surface area contributed by atoms with E-state index in [2.05, 4.69) is 0 Å². The topological polar surface area (TPSA) is 57.5 Å². The molecule has 0 amide bonds. The van der Waals surface area contributed by atoms with Crippen LogP contribution in [0.3, 0.4) is 0 Å². The molecule has 3 nitrogen and oxygen atoms in total. The number of rotatable bonds is 8. The first-order valence-corrected chi connectivity index (χ1v) is 10.1. The third-order valence-corrected chi connectivity index (χ3v) is 6.14. The Balaban J connectivity index is 2.74. The first kappa shape index (κ1) is 22.3. The van der Waals surface area contributed by atoms with Gasteiger partial charge in [-0.15, -0.1) is 0 Å². The second-order valence-corrected chi connectivity index (χ2v) is 8.84. The van der Waals surface area contributed by atoms with Crippen LogP contribution >= 0.6 is 0 Å². The summed E-state index contributed by atoms with van der Waals surface area (Å²) in [6, 6.07) is 18.9. The Morgan fingerprint density at radius 3 is 1.21 bits per heavy atom. The molecule has 2 aromatic rings. The minimum Gasteiger partial charge on any atom is -0.391 e. The number of ketones is 1. The Morgan fingerprint density at radius 2 is 0.964 bits per heavy atom. The lowest BCUT2D eigenvalue weighted by Gasteiger charge is -2.45. The fourth-order valence-corrected chi connectivity index (χ4v) is 4.31. The quantitative estimate of drug-likeness (QED) is 0.706. The summed E-state index contributed by atoms with van der Waals surface area (Å²) in [6.45, 7) is 11.3. The Morgan fingerprint density at radius 1 is 0.679 bits per heavy atom. The van der Waals surface area contributed by atoms with E-state index in [-0.39, 0.29) is 17.6 Å². The maximum Gasteiger partial charge on any atom is 0.158 e. The lowest BCUT2D eigenvalue weighted by Crippen LogP contribution is -2.58. The van der Waals surface area contributed by atoms with E-state index < -0.39 is 23.0 Å². The van der Waals surface area contributed by atoms with Gasteiger partial charge in [0.1, 0.15) is 0 Å². The van der Waals surface area contributed by atoms with Gasteiger partial charge in [-0.2, -0.15) is 0 Å².